The molecular formula is C12H14N4O2. The van der Waals surface area contributed by atoms with Crippen LogP contribution in [0.1, 0.15) is 5.69 Å². The lowest BCUT2D eigenvalue weighted by molar-refractivity contribution is 0.378. The highest BCUT2D eigenvalue weighted by Crippen LogP contribution is 2.05. The first kappa shape index (κ1) is 12.1. The molecule has 0 atom stereocenters. The minimum atomic E-state index is -0.188. The third-order valence-electron chi connectivity index (χ3n) is 2.43. The van der Waals surface area contributed by atoms with Crippen LogP contribution in [0.25, 0.3) is 0 Å². The molecule has 1 N–H and O–H groups in total. The quantitative estimate of drug-likeness (QED) is 0.861. The van der Waals surface area contributed by atoms with Crippen LogP contribution < -0.4 is 15.6 Å². The van der Waals surface area contributed by atoms with Crippen molar-refractivity contribution in [2.45, 2.75) is 6.54 Å². The van der Waals surface area contributed by atoms with Gasteiger partial charge in [0, 0.05) is 19.2 Å². The zero-order valence-electron chi connectivity index (χ0n) is 10.3. The molecule has 6 heteroatoms. The molecule has 0 amide bonds. The van der Waals surface area contributed by atoms with Gasteiger partial charge in [-0.25, -0.2) is 9.67 Å². The summed E-state index contributed by atoms with van der Waals surface area (Å²) < 4.78 is 6.31. The molecule has 0 fully saturated rings. The zero-order valence-corrected chi connectivity index (χ0v) is 10.3. The Hall–Kier alpha value is -2.37. The van der Waals surface area contributed by atoms with Crippen LogP contribution in [-0.4, -0.2) is 28.9 Å². The van der Waals surface area contributed by atoms with Crippen LogP contribution in [0.15, 0.2) is 35.1 Å². The maximum Gasteiger partial charge on any atom is 0.267 e. The van der Waals surface area contributed by atoms with Crippen molar-refractivity contribution in [2.75, 3.05) is 19.5 Å². The van der Waals surface area contributed by atoms with E-state index in [1.165, 1.54) is 23.9 Å². The van der Waals surface area contributed by atoms with Crippen molar-refractivity contribution in [3.63, 3.8) is 0 Å². The third-order valence-corrected chi connectivity index (χ3v) is 2.43. The van der Waals surface area contributed by atoms with Gasteiger partial charge in [0.05, 0.1) is 19.3 Å². The van der Waals surface area contributed by atoms with Gasteiger partial charge < -0.3 is 10.1 Å². The molecular weight excluding hydrogens is 232 g/mol. The highest BCUT2D eigenvalue weighted by Gasteiger charge is 2.03. The highest BCUT2D eigenvalue weighted by atomic mass is 16.5. The Morgan fingerprint density at radius 3 is 2.89 bits per heavy atom. The Balaban J connectivity index is 2.30. The fourth-order valence-electron chi connectivity index (χ4n) is 1.51. The lowest BCUT2D eigenvalue weighted by atomic mass is 10.3. The minimum Gasteiger partial charge on any atom is -0.480 e. The van der Waals surface area contributed by atoms with Crippen LogP contribution in [0.2, 0.25) is 0 Å². The SMILES string of the molecule is CNc1cccc(Cn2nc(OC)ccc2=O)n1. The Morgan fingerprint density at radius 1 is 1.33 bits per heavy atom. The molecule has 0 saturated carbocycles. The molecule has 18 heavy (non-hydrogen) atoms. The minimum absolute atomic E-state index is 0.188. The molecule has 2 rings (SSSR count). The fourth-order valence-corrected chi connectivity index (χ4v) is 1.51. The largest absolute Gasteiger partial charge is 0.480 e. The molecule has 0 radical (unpaired) electrons. The number of rotatable bonds is 4. The van der Waals surface area contributed by atoms with E-state index in [0.717, 1.165) is 11.5 Å². The second-order valence-electron chi connectivity index (χ2n) is 3.64. The van der Waals surface area contributed by atoms with Gasteiger partial charge in [0.25, 0.3) is 5.56 Å². The monoisotopic (exact) mass is 246 g/mol. The summed E-state index contributed by atoms with van der Waals surface area (Å²) in [6, 6.07) is 8.53. The smallest absolute Gasteiger partial charge is 0.267 e. The molecule has 0 aliphatic heterocycles. The van der Waals surface area contributed by atoms with Crippen molar-refractivity contribution in [1.82, 2.24) is 14.8 Å². The Labute approximate surface area is 104 Å². The molecule has 0 spiro atoms. The van der Waals surface area contributed by atoms with Crippen molar-refractivity contribution in [1.29, 1.82) is 0 Å². The highest BCUT2D eigenvalue weighted by molar-refractivity contribution is 5.34. The molecule has 2 aromatic heterocycles. The molecule has 0 saturated heterocycles. The number of nitrogens with zero attached hydrogens (tertiary/aromatic N) is 3. The summed E-state index contributed by atoms with van der Waals surface area (Å²) >= 11 is 0. The predicted octanol–water partition coefficient (Wildman–Crippen LogP) is 0.737. The van der Waals surface area contributed by atoms with Gasteiger partial charge in [-0.15, -0.1) is 5.10 Å². The van der Waals surface area contributed by atoms with Gasteiger partial charge in [0.2, 0.25) is 5.88 Å². The van der Waals surface area contributed by atoms with E-state index in [1.807, 2.05) is 18.2 Å². The lowest BCUT2D eigenvalue weighted by Crippen LogP contribution is -2.23. The molecule has 2 aromatic rings. The lowest BCUT2D eigenvalue weighted by Gasteiger charge is -2.07. The summed E-state index contributed by atoms with van der Waals surface area (Å²) in [6.07, 6.45) is 0. The molecule has 0 unspecified atom stereocenters. The van der Waals surface area contributed by atoms with Gasteiger partial charge in [-0.3, -0.25) is 4.79 Å². The second kappa shape index (κ2) is 5.31. The normalized spacial score (nSPS) is 10.1. The summed E-state index contributed by atoms with van der Waals surface area (Å²) in [5.74, 6) is 1.16. The molecule has 0 bridgehead atoms. The van der Waals surface area contributed by atoms with E-state index in [-0.39, 0.29) is 5.56 Å². The van der Waals surface area contributed by atoms with Crippen LogP contribution in [0.5, 0.6) is 5.88 Å². The van der Waals surface area contributed by atoms with E-state index >= 15 is 0 Å². The van der Waals surface area contributed by atoms with Crippen LogP contribution in [-0.2, 0) is 6.54 Å². The maximum absolute atomic E-state index is 11.6. The van der Waals surface area contributed by atoms with Gasteiger partial charge in [0.15, 0.2) is 0 Å². The molecule has 2 heterocycles. The van der Waals surface area contributed by atoms with Crippen LogP contribution in [0.3, 0.4) is 0 Å². The summed E-state index contributed by atoms with van der Waals surface area (Å²) in [5, 5.41) is 7.01. The Morgan fingerprint density at radius 2 is 2.17 bits per heavy atom. The van der Waals surface area contributed by atoms with E-state index in [4.69, 9.17) is 4.74 Å². The average Bonchev–Trinajstić information content (AvgIpc) is 2.41. The van der Waals surface area contributed by atoms with Gasteiger partial charge in [-0.05, 0) is 12.1 Å². The molecule has 0 aliphatic rings. The topological polar surface area (TPSA) is 69.0 Å². The Bertz CT molecular complexity index is 595. The van der Waals surface area contributed by atoms with Crippen molar-refractivity contribution in [2.24, 2.45) is 0 Å². The summed E-state index contributed by atoms with van der Waals surface area (Å²) in [4.78, 5) is 16.0. The van der Waals surface area contributed by atoms with Crippen molar-refractivity contribution in [3.05, 3.63) is 46.4 Å². The number of anilines is 1. The van der Waals surface area contributed by atoms with Gasteiger partial charge in [-0.2, -0.15) is 0 Å². The van der Waals surface area contributed by atoms with Gasteiger partial charge in [-0.1, -0.05) is 6.07 Å². The summed E-state index contributed by atoms with van der Waals surface area (Å²) in [6.45, 7) is 0.311. The number of ether oxygens (including phenoxy) is 1. The van der Waals surface area contributed by atoms with E-state index in [9.17, 15) is 4.79 Å². The molecule has 94 valence electrons. The van der Waals surface area contributed by atoms with E-state index in [0.29, 0.717) is 12.4 Å². The van der Waals surface area contributed by atoms with E-state index < -0.39 is 0 Å². The molecule has 0 aliphatic carbocycles. The maximum atomic E-state index is 11.6. The van der Waals surface area contributed by atoms with Gasteiger partial charge >= 0.3 is 0 Å². The number of methoxy groups -OCH3 is 1. The number of hydrogen-bond acceptors (Lipinski definition) is 5. The number of pyridine rings is 1. The van der Waals surface area contributed by atoms with E-state index in [2.05, 4.69) is 15.4 Å². The van der Waals surface area contributed by atoms with Crippen LogP contribution in [0.4, 0.5) is 5.82 Å². The van der Waals surface area contributed by atoms with Crippen molar-refractivity contribution < 1.29 is 4.74 Å². The van der Waals surface area contributed by atoms with Crippen molar-refractivity contribution in [3.8, 4) is 5.88 Å². The van der Waals surface area contributed by atoms with E-state index in [1.54, 1.807) is 7.05 Å². The zero-order chi connectivity index (χ0) is 13.0. The summed E-state index contributed by atoms with van der Waals surface area (Å²) in [5.41, 5.74) is 0.567. The summed E-state index contributed by atoms with van der Waals surface area (Å²) in [7, 11) is 3.30. The first-order chi connectivity index (χ1) is 8.72. The average molecular weight is 246 g/mol. The van der Waals surface area contributed by atoms with Crippen LogP contribution in [0, 0.1) is 0 Å². The number of aromatic nitrogens is 3. The molecule has 0 aromatic carbocycles. The van der Waals surface area contributed by atoms with Crippen LogP contribution >= 0.6 is 0 Å². The third kappa shape index (κ3) is 2.65. The van der Waals surface area contributed by atoms with Crippen molar-refractivity contribution >= 4 is 5.82 Å². The predicted molar refractivity (Wildman–Crippen MR) is 67.9 cm³/mol. The second-order valence-corrected chi connectivity index (χ2v) is 3.64. The fraction of sp³-hybridized carbons (Fsp3) is 0.250. The van der Waals surface area contributed by atoms with Gasteiger partial charge in [0.1, 0.15) is 5.82 Å². The first-order valence-corrected chi connectivity index (χ1v) is 5.49. The standard InChI is InChI=1S/C12H14N4O2/c1-13-10-5-3-4-9(14-10)8-16-12(17)7-6-11(15-16)18-2/h3-7H,8H2,1-2H3,(H,13,14). The Kier molecular flexibility index (Phi) is 3.57. The molecule has 6 nitrogen and oxygen atoms in total. The first-order valence-electron chi connectivity index (χ1n) is 5.49. The number of hydrogen-bond donors (Lipinski definition) is 1. The number of nitrogens with one attached hydrogen (secondary N) is 1.